The van der Waals surface area contributed by atoms with Crippen molar-refractivity contribution in [2.24, 2.45) is 0 Å². The van der Waals surface area contributed by atoms with Crippen molar-refractivity contribution >= 4 is 17.5 Å². The number of methoxy groups -OCH3 is 1. The van der Waals surface area contributed by atoms with Crippen LogP contribution in [0.3, 0.4) is 0 Å². The van der Waals surface area contributed by atoms with Gasteiger partial charge in [-0.3, -0.25) is 9.59 Å². The number of amides is 2. The first kappa shape index (κ1) is 22.7. The maximum absolute atomic E-state index is 13.4. The summed E-state index contributed by atoms with van der Waals surface area (Å²) in [6.07, 6.45) is 0.210. The van der Waals surface area contributed by atoms with Crippen LogP contribution in [0.4, 0.5) is 5.69 Å². The molecule has 0 aliphatic rings. The van der Waals surface area contributed by atoms with E-state index in [0.29, 0.717) is 36.5 Å². The molecular formula is C26H25N3O3. The zero-order valence-electron chi connectivity index (χ0n) is 18.0. The Morgan fingerprint density at radius 1 is 0.969 bits per heavy atom. The monoisotopic (exact) mass is 427 g/mol. The van der Waals surface area contributed by atoms with Crippen molar-refractivity contribution in [3.05, 3.63) is 101 Å². The molecule has 2 amide bonds. The third kappa shape index (κ3) is 6.27. The largest absolute Gasteiger partial charge is 0.383 e. The summed E-state index contributed by atoms with van der Waals surface area (Å²) < 4.78 is 4.96. The highest BCUT2D eigenvalue weighted by atomic mass is 16.5. The Hall–Kier alpha value is -3.95. The molecule has 0 fully saturated rings. The van der Waals surface area contributed by atoms with Crippen molar-refractivity contribution in [3.8, 4) is 6.07 Å². The normalized spacial score (nSPS) is 10.2. The zero-order chi connectivity index (χ0) is 22.8. The maximum atomic E-state index is 13.4. The number of carbonyl (C=O) groups is 2. The van der Waals surface area contributed by atoms with Crippen LogP contribution in [-0.4, -0.2) is 32.1 Å². The number of ether oxygens (including phenoxy) is 1. The van der Waals surface area contributed by atoms with Gasteiger partial charge in [-0.1, -0.05) is 42.5 Å². The lowest BCUT2D eigenvalue weighted by Crippen LogP contribution is -2.31. The molecule has 6 nitrogen and oxygen atoms in total. The highest BCUT2D eigenvalue weighted by molar-refractivity contribution is 6.06. The highest BCUT2D eigenvalue weighted by Crippen LogP contribution is 2.22. The van der Waals surface area contributed by atoms with E-state index in [0.717, 1.165) is 11.1 Å². The maximum Gasteiger partial charge on any atom is 0.258 e. The van der Waals surface area contributed by atoms with Crippen LogP contribution in [0.1, 0.15) is 27.0 Å². The van der Waals surface area contributed by atoms with Crippen LogP contribution >= 0.6 is 0 Å². The van der Waals surface area contributed by atoms with Gasteiger partial charge in [-0.2, -0.15) is 5.26 Å². The van der Waals surface area contributed by atoms with Gasteiger partial charge in [-0.05, 0) is 47.5 Å². The van der Waals surface area contributed by atoms with E-state index in [1.807, 2.05) is 54.6 Å². The lowest BCUT2D eigenvalue weighted by Gasteiger charge is -2.24. The third-order valence-corrected chi connectivity index (χ3v) is 4.90. The number of carbonyl (C=O) groups excluding carboxylic acids is 2. The van der Waals surface area contributed by atoms with E-state index in [9.17, 15) is 9.59 Å². The zero-order valence-corrected chi connectivity index (χ0v) is 18.0. The molecule has 1 N–H and O–H groups in total. The molecule has 3 rings (SSSR count). The van der Waals surface area contributed by atoms with Crippen LogP contribution in [0.25, 0.3) is 0 Å². The van der Waals surface area contributed by atoms with E-state index in [4.69, 9.17) is 10.00 Å². The van der Waals surface area contributed by atoms with Gasteiger partial charge < -0.3 is 15.0 Å². The second-order valence-electron chi connectivity index (χ2n) is 7.26. The van der Waals surface area contributed by atoms with Crippen molar-refractivity contribution in [2.45, 2.75) is 13.0 Å². The Morgan fingerprint density at radius 3 is 2.38 bits per heavy atom. The van der Waals surface area contributed by atoms with Gasteiger partial charge in [0.05, 0.1) is 31.2 Å². The average molecular weight is 428 g/mol. The quantitative estimate of drug-likeness (QED) is 0.528. The molecule has 0 heterocycles. The Kier molecular flexibility index (Phi) is 8.13. The van der Waals surface area contributed by atoms with Crippen molar-refractivity contribution < 1.29 is 14.3 Å². The summed E-state index contributed by atoms with van der Waals surface area (Å²) in [7, 11) is 1.59. The van der Waals surface area contributed by atoms with E-state index < -0.39 is 0 Å². The van der Waals surface area contributed by atoms with E-state index >= 15 is 0 Å². The van der Waals surface area contributed by atoms with E-state index in [1.54, 1.807) is 36.3 Å². The van der Waals surface area contributed by atoms with Crippen LogP contribution in [-0.2, 0) is 22.5 Å². The van der Waals surface area contributed by atoms with Gasteiger partial charge >= 0.3 is 0 Å². The SMILES string of the molecule is COCCNC(=O)Cc1cccc(N(Cc2ccccc2)C(=O)c2ccc(C#N)cc2)c1. The summed E-state index contributed by atoms with van der Waals surface area (Å²) >= 11 is 0. The number of benzene rings is 3. The molecule has 6 heteroatoms. The fourth-order valence-electron chi connectivity index (χ4n) is 3.26. The summed E-state index contributed by atoms with van der Waals surface area (Å²) in [5.41, 5.74) is 3.48. The van der Waals surface area contributed by atoms with Gasteiger partial charge in [-0.25, -0.2) is 0 Å². The van der Waals surface area contributed by atoms with E-state index in [-0.39, 0.29) is 18.2 Å². The van der Waals surface area contributed by atoms with E-state index in [2.05, 4.69) is 11.4 Å². The van der Waals surface area contributed by atoms with Crippen LogP contribution in [0.15, 0.2) is 78.9 Å². The van der Waals surface area contributed by atoms with E-state index in [1.165, 1.54) is 0 Å². The molecule has 0 atom stereocenters. The number of anilines is 1. The van der Waals surface area contributed by atoms with Crippen LogP contribution in [0.5, 0.6) is 0 Å². The molecule has 3 aromatic carbocycles. The molecule has 0 spiro atoms. The van der Waals surface area contributed by atoms with Crippen molar-refractivity contribution in [1.29, 1.82) is 5.26 Å². The number of hydrogen-bond acceptors (Lipinski definition) is 4. The summed E-state index contributed by atoms with van der Waals surface area (Å²) in [5, 5.41) is 11.8. The Balaban J connectivity index is 1.86. The Bertz CT molecular complexity index is 1090. The Labute approximate surface area is 188 Å². The molecular weight excluding hydrogens is 402 g/mol. The number of rotatable bonds is 9. The highest BCUT2D eigenvalue weighted by Gasteiger charge is 2.19. The molecule has 0 aromatic heterocycles. The summed E-state index contributed by atoms with van der Waals surface area (Å²) in [5.74, 6) is -0.285. The fourth-order valence-corrected chi connectivity index (χ4v) is 3.26. The molecule has 0 aliphatic carbocycles. The smallest absolute Gasteiger partial charge is 0.258 e. The molecule has 0 aliphatic heterocycles. The van der Waals surface area contributed by atoms with Crippen LogP contribution < -0.4 is 10.2 Å². The first-order valence-corrected chi connectivity index (χ1v) is 10.3. The lowest BCUT2D eigenvalue weighted by atomic mass is 10.1. The second-order valence-corrected chi connectivity index (χ2v) is 7.26. The first-order chi connectivity index (χ1) is 15.6. The number of nitrogens with one attached hydrogen (secondary N) is 1. The summed E-state index contributed by atoms with van der Waals surface area (Å²) in [4.78, 5) is 27.3. The number of hydrogen-bond donors (Lipinski definition) is 1. The summed E-state index contributed by atoms with van der Waals surface area (Å²) in [6.45, 7) is 1.28. The minimum Gasteiger partial charge on any atom is -0.383 e. The molecule has 0 saturated carbocycles. The summed E-state index contributed by atoms with van der Waals surface area (Å²) in [6, 6.07) is 25.8. The predicted octanol–water partition coefficient (Wildman–Crippen LogP) is 3.71. The molecule has 0 radical (unpaired) electrons. The van der Waals surface area contributed by atoms with Crippen LogP contribution in [0.2, 0.25) is 0 Å². The number of nitrogens with zero attached hydrogens (tertiary/aromatic N) is 2. The van der Waals surface area contributed by atoms with Crippen LogP contribution in [0, 0.1) is 11.3 Å². The predicted molar refractivity (Wildman–Crippen MR) is 123 cm³/mol. The first-order valence-electron chi connectivity index (χ1n) is 10.3. The Morgan fingerprint density at radius 2 is 1.69 bits per heavy atom. The molecule has 162 valence electrons. The standard InChI is InChI=1S/C26H25N3O3/c1-32-15-14-28-25(30)17-22-8-5-9-24(16-22)29(19-21-6-3-2-4-7-21)26(31)23-12-10-20(18-27)11-13-23/h2-13,16H,14-15,17,19H2,1H3,(H,28,30). The molecule has 0 saturated heterocycles. The van der Waals surface area contributed by atoms with Crippen molar-refractivity contribution in [2.75, 3.05) is 25.2 Å². The fraction of sp³-hybridized carbons (Fsp3) is 0.192. The van der Waals surface area contributed by atoms with Gasteiger partial charge in [0.25, 0.3) is 5.91 Å². The van der Waals surface area contributed by atoms with Gasteiger partial charge in [0.2, 0.25) is 5.91 Å². The van der Waals surface area contributed by atoms with Gasteiger partial charge in [0.15, 0.2) is 0 Å². The van der Waals surface area contributed by atoms with Gasteiger partial charge in [0.1, 0.15) is 0 Å². The molecule has 0 unspecified atom stereocenters. The minimum atomic E-state index is -0.181. The minimum absolute atomic E-state index is 0.104. The lowest BCUT2D eigenvalue weighted by molar-refractivity contribution is -0.120. The second kappa shape index (κ2) is 11.4. The van der Waals surface area contributed by atoms with Gasteiger partial charge in [-0.15, -0.1) is 0 Å². The van der Waals surface area contributed by atoms with Crippen molar-refractivity contribution in [3.63, 3.8) is 0 Å². The molecule has 0 bridgehead atoms. The molecule has 3 aromatic rings. The topological polar surface area (TPSA) is 82.4 Å². The molecule has 32 heavy (non-hydrogen) atoms. The van der Waals surface area contributed by atoms with Crippen molar-refractivity contribution in [1.82, 2.24) is 5.32 Å². The third-order valence-electron chi connectivity index (χ3n) is 4.90. The average Bonchev–Trinajstić information content (AvgIpc) is 2.83. The van der Waals surface area contributed by atoms with Gasteiger partial charge in [0, 0.05) is 24.9 Å². The number of nitriles is 1.